The molecule has 2 heterocycles. The summed E-state index contributed by atoms with van der Waals surface area (Å²) >= 11 is 0. The minimum atomic E-state index is 0.534. The average molecular weight is 205 g/mol. The van der Waals surface area contributed by atoms with Crippen LogP contribution in [0.15, 0.2) is 28.4 Å². The molecule has 82 valence electrons. The van der Waals surface area contributed by atoms with Gasteiger partial charge in [0.05, 0.1) is 6.26 Å². The second-order valence-electron chi connectivity index (χ2n) is 4.66. The van der Waals surface area contributed by atoms with Crippen LogP contribution in [-0.4, -0.2) is 24.5 Å². The van der Waals surface area contributed by atoms with E-state index < -0.39 is 0 Å². The van der Waals surface area contributed by atoms with Gasteiger partial charge in [-0.2, -0.15) is 0 Å². The molecule has 0 aliphatic carbocycles. The third kappa shape index (κ3) is 2.32. The smallest absolute Gasteiger partial charge is 0.126 e. The topological polar surface area (TPSA) is 16.4 Å². The van der Waals surface area contributed by atoms with Gasteiger partial charge in [-0.15, -0.1) is 0 Å². The van der Waals surface area contributed by atoms with Gasteiger partial charge in [-0.1, -0.05) is 6.92 Å². The summed E-state index contributed by atoms with van der Waals surface area (Å²) in [6.07, 6.45) is 5.11. The van der Waals surface area contributed by atoms with E-state index in [2.05, 4.69) is 31.9 Å². The first-order valence-electron chi connectivity index (χ1n) is 5.61. The summed E-state index contributed by atoms with van der Waals surface area (Å²) in [7, 11) is 2.19. The Balaban J connectivity index is 2.20. The Hall–Kier alpha value is -1.02. The molecule has 0 aromatic carbocycles. The van der Waals surface area contributed by atoms with E-state index in [4.69, 9.17) is 4.42 Å². The van der Waals surface area contributed by atoms with E-state index in [-0.39, 0.29) is 0 Å². The molecule has 2 rings (SSSR count). The van der Waals surface area contributed by atoms with E-state index in [1.165, 1.54) is 18.5 Å². The van der Waals surface area contributed by atoms with E-state index >= 15 is 0 Å². The molecule has 1 aliphatic rings. The van der Waals surface area contributed by atoms with Crippen molar-refractivity contribution in [3.05, 3.63) is 29.7 Å². The lowest BCUT2D eigenvalue weighted by atomic mass is 9.90. The van der Waals surface area contributed by atoms with E-state index in [1.807, 2.05) is 12.1 Å². The van der Waals surface area contributed by atoms with Crippen molar-refractivity contribution in [3.8, 4) is 0 Å². The number of hydrogen-bond donors (Lipinski definition) is 0. The lowest BCUT2D eigenvalue weighted by Gasteiger charge is -2.36. The Morgan fingerprint density at radius 2 is 2.27 bits per heavy atom. The molecule has 0 saturated carbocycles. The normalized spacial score (nSPS) is 31.0. The maximum atomic E-state index is 5.36. The van der Waals surface area contributed by atoms with Gasteiger partial charge >= 0.3 is 0 Å². The van der Waals surface area contributed by atoms with Crippen LogP contribution in [0, 0.1) is 5.92 Å². The summed E-state index contributed by atoms with van der Waals surface area (Å²) in [5.41, 5.74) is 1.48. The second kappa shape index (κ2) is 4.23. The molecule has 2 atom stereocenters. The first-order valence-corrected chi connectivity index (χ1v) is 5.61. The molecule has 1 aromatic heterocycles. The molecule has 2 heteroatoms. The quantitative estimate of drug-likeness (QED) is 0.700. The van der Waals surface area contributed by atoms with Crippen molar-refractivity contribution in [1.82, 2.24) is 4.90 Å². The Morgan fingerprint density at radius 1 is 1.47 bits per heavy atom. The molecule has 15 heavy (non-hydrogen) atoms. The van der Waals surface area contributed by atoms with Gasteiger partial charge in [0.25, 0.3) is 0 Å². The standard InChI is InChI=1S/C13H19NO/c1-10-7-12(11(2)14(3)9-10)8-13-5-4-6-15-13/h4-6,8,10-11H,7,9H2,1-3H3/b12-8-/t10-,11-/m1/s1. The molecule has 1 saturated heterocycles. The van der Waals surface area contributed by atoms with Crippen LogP contribution < -0.4 is 0 Å². The van der Waals surface area contributed by atoms with Crippen LogP contribution in [0.5, 0.6) is 0 Å². The number of rotatable bonds is 1. The monoisotopic (exact) mass is 205 g/mol. The third-order valence-electron chi connectivity index (χ3n) is 3.25. The Labute approximate surface area is 91.6 Å². The molecule has 0 radical (unpaired) electrons. The summed E-state index contributed by atoms with van der Waals surface area (Å²) in [5.74, 6) is 1.71. The van der Waals surface area contributed by atoms with Gasteiger partial charge in [0.1, 0.15) is 5.76 Å². The largest absolute Gasteiger partial charge is 0.465 e. The van der Waals surface area contributed by atoms with Crippen molar-refractivity contribution < 1.29 is 4.42 Å². The Morgan fingerprint density at radius 3 is 2.93 bits per heavy atom. The second-order valence-corrected chi connectivity index (χ2v) is 4.66. The van der Waals surface area contributed by atoms with E-state index in [0.29, 0.717) is 6.04 Å². The Bertz CT molecular complexity index is 339. The molecular weight excluding hydrogens is 186 g/mol. The predicted molar refractivity (Wildman–Crippen MR) is 62.6 cm³/mol. The van der Waals surface area contributed by atoms with Crippen LogP contribution in [0.1, 0.15) is 26.0 Å². The fourth-order valence-electron chi connectivity index (χ4n) is 2.31. The number of likely N-dealkylation sites (tertiary alicyclic amines) is 1. The summed E-state index contributed by atoms with van der Waals surface area (Å²) in [5, 5.41) is 0. The first kappa shape index (κ1) is 10.5. The van der Waals surface area contributed by atoms with Crippen LogP contribution in [-0.2, 0) is 0 Å². The number of likely N-dealkylation sites (N-methyl/N-ethyl adjacent to an activating group) is 1. The molecular formula is C13H19NO. The zero-order chi connectivity index (χ0) is 10.8. The number of nitrogens with zero attached hydrogens (tertiary/aromatic N) is 1. The van der Waals surface area contributed by atoms with Crippen molar-refractivity contribution in [1.29, 1.82) is 0 Å². The molecule has 0 spiro atoms. The van der Waals surface area contributed by atoms with Gasteiger partial charge in [-0.25, -0.2) is 0 Å². The lowest BCUT2D eigenvalue weighted by Crippen LogP contribution is -2.39. The first-order chi connectivity index (χ1) is 7.16. The van der Waals surface area contributed by atoms with Crippen molar-refractivity contribution in [2.45, 2.75) is 26.3 Å². The van der Waals surface area contributed by atoms with Crippen molar-refractivity contribution >= 4 is 6.08 Å². The molecule has 0 amide bonds. The average Bonchev–Trinajstić information content (AvgIpc) is 2.66. The van der Waals surface area contributed by atoms with E-state index in [9.17, 15) is 0 Å². The van der Waals surface area contributed by atoms with Crippen LogP contribution in [0.3, 0.4) is 0 Å². The van der Waals surface area contributed by atoms with Gasteiger partial charge in [-0.05, 0) is 50.1 Å². The SMILES string of the molecule is C[C@@H]1C/C(=C/c2ccco2)[C@@H](C)N(C)C1. The van der Waals surface area contributed by atoms with Crippen LogP contribution in [0.4, 0.5) is 0 Å². The maximum absolute atomic E-state index is 5.36. The van der Waals surface area contributed by atoms with E-state index in [1.54, 1.807) is 6.26 Å². The van der Waals surface area contributed by atoms with Crippen LogP contribution in [0.25, 0.3) is 6.08 Å². The highest BCUT2D eigenvalue weighted by Crippen LogP contribution is 2.27. The van der Waals surface area contributed by atoms with Gasteiger partial charge < -0.3 is 4.42 Å². The zero-order valence-electron chi connectivity index (χ0n) is 9.73. The molecule has 0 unspecified atom stereocenters. The number of furan rings is 1. The summed E-state index contributed by atoms with van der Waals surface area (Å²) in [4.78, 5) is 2.41. The predicted octanol–water partition coefficient (Wildman–Crippen LogP) is 3.02. The van der Waals surface area contributed by atoms with Gasteiger partial charge in [0.2, 0.25) is 0 Å². The zero-order valence-corrected chi connectivity index (χ0v) is 9.73. The molecule has 2 nitrogen and oxygen atoms in total. The minimum Gasteiger partial charge on any atom is -0.465 e. The fraction of sp³-hybridized carbons (Fsp3) is 0.538. The third-order valence-corrected chi connectivity index (χ3v) is 3.25. The molecule has 1 aromatic rings. The molecule has 0 bridgehead atoms. The number of piperidine rings is 1. The van der Waals surface area contributed by atoms with E-state index in [0.717, 1.165) is 11.7 Å². The summed E-state index contributed by atoms with van der Waals surface area (Å²) < 4.78 is 5.36. The van der Waals surface area contributed by atoms with Crippen molar-refractivity contribution in [3.63, 3.8) is 0 Å². The van der Waals surface area contributed by atoms with Crippen LogP contribution >= 0.6 is 0 Å². The van der Waals surface area contributed by atoms with Gasteiger partial charge in [0, 0.05) is 12.6 Å². The Kier molecular flexibility index (Phi) is 2.96. The van der Waals surface area contributed by atoms with Gasteiger partial charge in [-0.3, -0.25) is 4.90 Å². The van der Waals surface area contributed by atoms with Crippen molar-refractivity contribution in [2.24, 2.45) is 5.92 Å². The highest BCUT2D eigenvalue weighted by atomic mass is 16.3. The van der Waals surface area contributed by atoms with Crippen LogP contribution in [0.2, 0.25) is 0 Å². The van der Waals surface area contributed by atoms with Gasteiger partial charge in [0.15, 0.2) is 0 Å². The highest BCUT2D eigenvalue weighted by molar-refractivity contribution is 5.49. The lowest BCUT2D eigenvalue weighted by molar-refractivity contribution is 0.207. The molecule has 1 aliphatic heterocycles. The minimum absolute atomic E-state index is 0.534. The molecule has 1 fully saturated rings. The molecule has 0 N–H and O–H groups in total. The fourth-order valence-corrected chi connectivity index (χ4v) is 2.31. The number of hydrogen-bond acceptors (Lipinski definition) is 2. The summed E-state index contributed by atoms with van der Waals surface area (Å²) in [6.45, 7) is 5.76. The maximum Gasteiger partial charge on any atom is 0.126 e. The highest BCUT2D eigenvalue weighted by Gasteiger charge is 2.23. The van der Waals surface area contributed by atoms with Crippen molar-refractivity contribution in [2.75, 3.05) is 13.6 Å². The summed E-state index contributed by atoms with van der Waals surface area (Å²) in [6, 6.07) is 4.48.